The van der Waals surface area contributed by atoms with E-state index in [4.69, 9.17) is 0 Å². The van der Waals surface area contributed by atoms with E-state index in [1.807, 2.05) is 6.92 Å². The number of aryl methyl sites for hydroxylation is 1. The van der Waals surface area contributed by atoms with E-state index in [-0.39, 0.29) is 11.6 Å². The van der Waals surface area contributed by atoms with Gasteiger partial charge in [-0.15, -0.1) is 0 Å². The molecule has 0 saturated carbocycles. The van der Waals surface area contributed by atoms with Gasteiger partial charge in [0.05, 0.1) is 4.92 Å². The highest BCUT2D eigenvalue weighted by Gasteiger charge is 2.10. The van der Waals surface area contributed by atoms with Crippen molar-refractivity contribution in [3.05, 3.63) is 39.4 Å². The molecular weight excluding hydrogens is 232 g/mol. The molecule has 0 atom stereocenters. The minimum Gasteiger partial charge on any atom is -0.355 e. The third-order valence-electron chi connectivity index (χ3n) is 2.20. The van der Waals surface area contributed by atoms with Crippen LogP contribution in [-0.2, 0) is 4.79 Å². The van der Waals surface area contributed by atoms with Crippen LogP contribution in [0.2, 0.25) is 0 Å². The topological polar surface area (TPSA) is 72.2 Å². The Balaban J connectivity index is 2.77. The number of amides is 1. The molecule has 0 bridgehead atoms. The molecule has 0 aliphatic heterocycles. The van der Waals surface area contributed by atoms with Gasteiger partial charge in [-0.1, -0.05) is 17.9 Å². The number of hydrogen-bond acceptors (Lipinski definition) is 3. The molecule has 0 radical (unpaired) electrons. The first kappa shape index (κ1) is 13.7. The number of hydrogen-bond donors (Lipinski definition) is 1. The van der Waals surface area contributed by atoms with Crippen LogP contribution >= 0.6 is 0 Å². The zero-order valence-corrected chi connectivity index (χ0v) is 10.3. The lowest BCUT2D eigenvalue weighted by Crippen LogP contribution is -2.20. The SMILES string of the molecule is CC(=O)NCCC#Cc1cc(C)ccc1[N+](=O)[O-]. The molecule has 1 aromatic carbocycles. The van der Waals surface area contributed by atoms with Gasteiger partial charge in [-0.2, -0.15) is 0 Å². The number of nitro benzene ring substituents is 1. The minimum absolute atomic E-state index is 0.00706. The molecule has 0 saturated heterocycles. The lowest BCUT2D eigenvalue weighted by Gasteiger charge is -1.97. The van der Waals surface area contributed by atoms with Crippen molar-refractivity contribution in [1.29, 1.82) is 0 Å². The first-order valence-corrected chi connectivity index (χ1v) is 5.49. The van der Waals surface area contributed by atoms with Gasteiger partial charge in [0, 0.05) is 26.0 Å². The Morgan fingerprint density at radius 3 is 2.83 bits per heavy atom. The van der Waals surface area contributed by atoms with Crippen LogP contribution in [0, 0.1) is 28.9 Å². The second-order valence-corrected chi connectivity index (χ2v) is 3.81. The zero-order chi connectivity index (χ0) is 13.5. The Morgan fingerprint density at radius 1 is 1.50 bits per heavy atom. The Hall–Kier alpha value is -2.35. The van der Waals surface area contributed by atoms with Gasteiger partial charge in [-0.25, -0.2) is 0 Å². The highest BCUT2D eigenvalue weighted by Crippen LogP contribution is 2.18. The lowest BCUT2D eigenvalue weighted by atomic mass is 10.1. The van der Waals surface area contributed by atoms with Crippen LogP contribution in [0.25, 0.3) is 0 Å². The first-order chi connectivity index (χ1) is 8.50. The van der Waals surface area contributed by atoms with Crippen molar-refractivity contribution in [1.82, 2.24) is 5.32 Å². The van der Waals surface area contributed by atoms with Crippen molar-refractivity contribution in [2.24, 2.45) is 0 Å². The fraction of sp³-hybridized carbons (Fsp3) is 0.308. The second kappa shape index (κ2) is 6.40. The third kappa shape index (κ3) is 4.26. The second-order valence-electron chi connectivity index (χ2n) is 3.81. The summed E-state index contributed by atoms with van der Waals surface area (Å²) in [5.74, 6) is 5.46. The minimum atomic E-state index is -0.447. The van der Waals surface area contributed by atoms with E-state index >= 15 is 0 Å². The molecule has 0 spiro atoms. The Labute approximate surface area is 105 Å². The monoisotopic (exact) mass is 246 g/mol. The molecule has 0 fully saturated rings. The summed E-state index contributed by atoms with van der Waals surface area (Å²) in [5, 5.41) is 13.4. The summed E-state index contributed by atoms with van der Waals surface area (Å²) in [7, 11) is 0. The van der Waals surface area contributed by atoms with Gasteiger partial charge >= 0.3 is 0 Å². The molecule has 18 heavy (non-hydrogen) atoms. The number of nitrogens with zero attached hydrogens (tertiary/aromatic N) is 1. The van der Waals surface area contributed by atoms with E-state index in [9.17, 15) is 14.9 Å². The van der Waals surface area contributed by atoms with Crippen LogP contribution in [0.3, 0.4) is 0 Å². The highest BCUT2D eigenvalue weighted by molar-refractivity contribution is 5.72. The summed E-state index contributed by atoms with van der Waals surface area (Å²) >= 11 is 0. The standard InChI is InChI=1S/C13H14N2O3/c1-10-6-7-13(15(17)18)12(9-10)5-3-4-8-14-11(2)16/h6-7,9H,4,8H2,1-2H3,(H,14,16). The van der Waals surface area contributed by atoms with Gasteiger partial charge in [-0.05, 0) is 18.6 Å². The van der Waals surface area contributed by atoms with Gasteiger partial charge < -0.3 is 5.32 Å². The van der Waals surface area contributed by atoms with Gasteiger partial charge in [0.1, 0.15) is 5.56 Å². The van der Waals surface area contributed by atoms with Gasteiger partial charge in [-0.3, -0.25) is 14.9 Å². The number of nitro groups is 1. The van der Waals surface area contributed by atoms with Crippen molar-refractivity contribution in [2.75, 3.05) is 6.54 Å². The summed E-state index contributed by atoms with van der Waals surface area (Å²) < 4.78 is 0. The van der Waals surface area contributed by atoms with Crippen LogP contribution in [-0.4, -0.2) is 17.4 Å². The average molecular weight is 246 g/mol. The zero-order valence-electron chi connectivity index (χ0n) is 10.3. The van der Waals surface area contributed by atoms with E-state index < -0.39 is 4.92 Å². The van der Waals surface area contributed by atoms with Crippen LogP contribution < -0.4 is 5.32 Å². The van der Waals surface area contributed by atoms with Gasteiger partial charge in [0.15, 0.2) is 0 Å². The molecule has 1 rings (SSSR count). The van der Waals surface area contributed by atoms with Crippen molar-refractivity contribution in [3.8, 4) is 11.8 Å². The molecular formula is C13H14N2O3. The van der Waals surface area contributed by atoms with Crippen LogP contribution in [0.4, 0.5) is 5.69 Å². The molecule has 94 valence electrons. The van der Waals surface area contributed by atoms with Crippen LogP contribution in [0.15, 0.2) is 18.2 Å². The number of rotatable bonds is 3. The molecule has 1 amide bonds. The molecule has 0 aliphatic carbocycles. The number of carbonyl (C=O) groups is 1. The van der Waals surface area contributed by atoms with E-state index in [0.717, 1.165) is 5.56 Å². The maximum atomic E-state index is 10.8. The van der Waals surface area contributed by atoms with E-state index in [1.54, 1.807) is 12.1 Å². The fourth-order valence-electron chi connectivity index (χ4n) is 1.37. The Kier molecular flexibility index (Phi) is 4.88. The number of benzene rings is 1. The van der Waals surface area contributed by atoms with Crippen LogP contribution in [0.5, 0.6) is 0 Å². The molecule has 0 aromatic heterocycles. The van der Waals surface area contributed by atoms with Gasteiger partial charge in [0.2, 0.25) is 5.91 Å². The molecule has 1 aromatic rings. The van der Waals surface area contributed by atoms with E-state index in [0.29, 0.717) is 18.5 Å². The fourth-order valence-corrected chi connectivity index (χ4v) is 1.37. The number of carbonyl (C=O) groups excluding carboxylic acids is 1. The third-order valence-corrected chi connectivity index (χ3v) is 2.20. The van der Waals surface area contributed by atoms with Gasteiger partial charge in [0.25, 0.3) is 5.69 Å². The first-order valence-electron chi connectivity index (χ1n) is 5.49. The maximum absolute atomic E-state index is 10.8. The summed E-state index contributed by atoms with van der Waals surface area (Å²) in [5.41, 5.74) is 1.34. The van der Waals surface area contributed by atoms with E-state index in [1.165, 1.54) is 13.0 Å². The summed E-state index contributed by atoms with van der Waals surface area (Å²) in [4.78, 5) is 21.0. The predicted octanol–water partition coefficient (Wildman–Crippen LogP) is 1.78. The largest absolute Gasteiger partial charge is 0.355 e. The van der Waals surface area contributed by atoms with Crippen molar-refractivity contribution >= 4 is 11.6 Å². The normalized spacial score (nSPS) is 9.22. The van der Waals surface area contributed by atoms with Crippen molar-refractivity contribution in [2.45, 2.75) is 20.3 Å². The van der Waals surface area contributed by atoms with Crippen LogP contribution in [0.1, 0.15) is 24.5 Å². The maximum Gasteiger partial charge on any atom is 0.284 e. The highest BCUT2D eigenvalue weighted by atomic mass is 16.6. The number of nitrogens with one attached hydrogen (secondary N) is 1. The Morgan fingerprint density at radius 2 is 2.22 bits per heavy atom. The molecule has 5 heteroatoms. The quantitative estimate of drug-likeness (QED) is 0.382. The molecule has 5 nitrogen and oxygen atoms in total. The smallest absolute Gasteiger partial charge is 0.284 e. The van der Waals surface area contributed by atoms with E-state index in [2.05, 4.69) is 17.2 Å². The predicted molar refractivity (Wildman–Crippen MR) is 68.0 cm³/mol. The summed E-state index contributed by atoms with van der Waals surface area (Å²) in [6, 6.07) is 4.82. The Bertz CT molecular complexity index is 527. The molecule has 1 N–H and O–H groups in total. The van der Waals surface area contributed by atoms with Crippen molar-refractivity contribution < 1.29 is 9.72 Å². The average Bonchev–Trinajstić information content (AvgIpc) is 2.27. The molecule has 0 unspecified atom stereocenters. The van der Waals surface area contributed by atoms with Crippen molar-refractivity contribution in [3.63, 3.8) is 0 Å². The molecule has 0 heterocycles. The summed E-state index contributed by atoms with van der Waals surface area (Å²) in [6.45, 7) is 3.73. The lowest BCUT2D eigenvalue weighted by molar-refractivity contribution is -0.385. The summed E-state index contributed by atoms with van der Waals surface area (Å²) in [6.07, 6.45) is 0.463. The molecule has 0 aliphatic rings.